The lowest BCUT2D eigenvalue weighted by molar-refractivity contribution is -0.131. The number of aromatic carboxylic acids is 2. The number of para-hydroxylation sites is 1. The Morgan fingerprint density at radius 3 is 2.00 bits per heavy atom. The Hall–Kier alpha value is -3.22. The fourth-order valence-corrected chi connectivity index (χ4v) is 1.38. The lowest BCUT2D eigenvalue weighted by Gasteiger charge is -2.03. The Morgan fingerprint density at radius 1 is 0.958 bits per heavy atom. The third kappa shape index (κ3) is 7.69. The first-order valence-corrected chi connectivity index (χ1v) is 7.06. The molecule has 0 fully saturated rings. The van der Waals surface area contributed by atoms with E-state index in [1.165, 1.54) is 37.5 Å². The van der Waals surface area contributed by atoms with Gasteiger partial charge in [0.15, 0.2) is 0 Å². The number of benzene rings is 1. The number of carbonyl (C=O) groups is 3. The molecule has 1 heterocycles. The van der Waals surface area contributed by atoms with Gasteiger partial charge in [0.2, 0.25) is 0 Å². The van der Waals surface area contributed by atoms with Gasteiger partial charge in [-0.1, -0.05) is 26.0 Å². The van der Waals surface area contributed by atoms with E-state index in [0.29, 0.717) is 0 Å². The highest BCUT2D eigenvalue weighted by Gasteiger charge is 2.10. The van der Waals surface area contributed by atoms with Crippen molar-refractivity contribution in [1.29, 1.82) is 0 Å². The molecule has 0 bridgehead atoms. The number of hydrogen-bond acceptors (Lipinski definition) is 5. The van der Waals surface area contributed by atoms with E-state index in [0.717, 1.165) is 0 Å². The molecule has 0 aliphatic rings. The summed E-state index contributed by atoms with van der Waals surface area (Å²) in [5.74, 6) is -2.52. The highest BCUT2D eigenvalue weighted by Crippen LogP contribution is 2.17. The molecule has 7 nitrogen and oxygen atoms in total. The normalized spacial score (nSPS) is 8.62. The molecule has 0 spiro atoms. The van der Waals surface area contributed by atoms with Crippen LogP contribution in [0.15, 0.2) is 48.8 Å². The van der Waals surface area contributed by atoms with Gasteiger partial charge in [-0.3, -0.25) is 9.78 Å². The van der Waals surface area contributed by atoms with Crippen molar-refractivity contribution < 1.29 is 29.3 Å². The molecule has 0 saturated carbocycles. The number of carbonyl (C=O) groups excluding carboxylic acids is 1. The van der Waals surface area contributed by atoms with Crippen LogP contribution in [0.4, 0.5) is 0 Å². The van der Waals surface area contributed by atoms with Crippen LogP contribution >= 0.6 is 0 Å². The van der Waals surface area contributed by atoms with Crippen molar-refractivity contribution in [2.24, 2.45) is 0 Å². The van der Waals surface area contributed by atoms with Crippen molar-refractivity contribution in [1.82, 2.24) is 4.98 Å². The molecule has 0 radical (unpaired) electrons. The topological polar surface area (TPSA) is 114 Å². The van der Waals surface area contributed by atoms with Crippen LogP contribution in [-0.2, 0) is 4.79 Å². The van der Waals surface area contributed by atoms with Crippen molar-refractivity contribution in [2.45, 2.75) is 20.8 Å². The second kappa shape index (κ2) is 11.4. The number of rotatable bonds is 3. The van der Waals surface area contributed by atoms with Gasteiger partial charge in [0.05, 0.1) is 5.56 Å². The number of carboxylic acid groups (broad SMARTS) is 2. The van der Waals surface area contributed by atoms with Crippen LogP contribution < -0.4 is 4.74 Å². The van der Waals surface area contributed by atoms with Crippen LogP contribution in [0.5, 0.6) is 5.75 Å². The minimum absolute atomic E-state index is 0.0160. The van der Waals surface area contributed by atoms with Crippen LogP contribution in [0.1, 0.15) is 41.5 Å². The minimum Gasteiger partial charge on any atom is -0.478 e. The van der Waals surface area contributed by atoms with Gasteiger partial charge in [-0.05, 0) is 24.3 Å². The quantitative estimate of drug-likeness (QED) is 0.655. The lowest BCUT2D eigenvalue weighted by Crippen LogP contribution is -2.06. The van der Waals surface area contributed by atoms with Crippen LogP contribution in [-0.4, -0.2) is 33.1 Å². The smallest absolute Gasteiger partial charge is 0.339 e. The largest absolute Gasteiger partial charge is 0.478 e. The van der Waals surface area contributed by atoms with Gasteiger partial charge < -0.3 is 14.9 Å². The summed E-state index contributed by atoms with van der Waals surface area (Å²) in [5, 5.41) is 17.0. The third-order valence-electron chi connectivity index (χ3n) is 2.28. The molecule has 2 aromatic rings. The highest BCUT2D eigenvalue weighted by molar-refractivity contribution is 5.91. The van der Waals surface area contributed by atoms with Gasteiger partial charge in [-0.25, -0.2) is 9.59 Å². The second-order valence-electron chi connectivity index (χ2n) is 3.94. The number of aromatic nitrogens is 1. The van der Waals surface area contributed by atoms with Crippen LogP contribution in [0, 0.1) is 0 Å². The molecule has 0 aliphatic carbocycles. The Kier molecular flexibility index (Phi) is 9.84. The van der Waals surface area contributed by atoms with Crippen molar-refractivity contribution in [3.05, 3.63) is 59.9 Å². The van der Waals surface area contributed by atoms with Gasteiger partial charge in [-0.2, -0.15) is 0 Å². The Morgan fingerprint density at radius 2 is 1.58 bits per heavy atom. The van der Waals surface area contributed by atoms with Crippen molar-refractivity contribution in [3.8, 4) is 5.75 Å². The van der Waals surface area contributed by atoms with E-state index in [1.54, 1.807) is 18.2 Å². The van der Waals surface area contributed by atoms with E-state index in [-0.39, 0.29) is 16.9 Å². The zero-order chi connectivity index (χ0) is 18.5. The average Bonchev–Trinajstić information content (AvgIpc) is 2.58. The third-order valence-corrected chi connectivity index (χ3v) is 2.28. The van der Waals surface area contributed by atoms with E-state index in [1.807, 2.05) is 13.8 Å². The molecule has 128 valence electrons. The van der Waals surface area contributed by atoms with E-state index >= 15 is 0 Å². The molecule has 2 rings (SSSR count). The van der Waals surface area contributed by atoms with Crippen LogP contribution in [0.3, 0.4) is 0 Å². The predicted molar refractivity (Wildman–Crippen MR) is 87.3 cm³/mol. The van der Waals surface area contributed by atoms with Crippen molar-refractivity contribution in [3.63, 3.8) is 0 Å². The first kappa shape index (κ1) is 20.8. The van der Waals surface area contributed by atoms with E-state index in [9.17, 15) is 14.4 Å². The molecule has 24 heavy (non-hydrogen) atoms. The Balaban J connectivity index is 0.000000420. The van der Waals surface area contributed by atoms with Crippen molar-refractivity contribution >= 4 is 17.9 Å². The summed E-state index contributed by atoms with van der Waals surface area (Å²) in [6.45, 7) is 5.22. The molecule has 0 atom stereocenters. The molecule has 1 aromatic heterocycles. The van der Waals surface area contributed by atoms with Crippen molar-refractivity contribution in [2.75, 3.05) is 0 Å². The molecule has 7 heteroatoms. The standard InChI is InChI=1S/C9H8O4.C6H5NO2.C2H6/c1-6(10)13-8-5-3-2-4-7(8)9(11)12;8-6(9)5-2-1-3-7-4-5;1-2/h2-5H,1H3,(H,11,12);1-4H,(H,8,9);1-2H3. The molecule has 0 amide bonds. The first-order valence-electron chi connectivity index (χ1n) is 7.06. The van der Waals surface area contributed by atoms with Gasteiger partial charge in [0.25, 0.3) is 0 Å². The molecule has 0 aliphatic heterocycles. The maximum atomic E-state index is 10.6. The van der Waals surface area contributed by atoms with Crippen LogP contribution in [0.25, 0.3) is 0 Å². The Labute approximate surface area is 139 Å². The number of pyridine rings is 1. The van der Waals surface area contributed by atoms with Gasteiger partial charge in [-0.15, -0.1) is 0 Å². The van der Waals surface area contributed by atoms with Gasteiger partial charge in [0, 0.05) is 19.3 Å². The first-order chi connectivity index (χ1) is 11.4. The SMILES string of the molecule is CC.CC(=O)Oc1ccccc1C(=O)O.O=C(O)c1cccnc1. The summed E-state index contributed by atoms with van der Waals surface area (Å²) >= 11 is 0. The zero-order valence-electron chi connectivity index (χ0n) is 13.6. The highest BCUT2D eigenvalue weighted by atomic mass is 16.5. The van der Waals surface area contributed by atoms with Gasteiger partial charge in [0.1, 0.15) is 11.3 Å². The maximum Gasteiger partial charge on any atom is 0.339 e. The molecule has 0 unspecified atom stereocenters. The monoisotopic (exact) mass is 333 g/mol. The maximum absolute atomic E-state index is 10.6. The number of esters is 1. The average molecular weight is 333 g/mol. The molecular weight excluding hydrogens is 314 g/mol. The van der Waals surface area contributed by atoms with Crippen LogP contribution in [0.2, 0.25) is 0 Å². The van der Waals surface area contributed by atoms with E-state index in [2.05, 4.69) is 9.72 Å². The summed E-state index contributed by atoms with van der Waals surface area (Å²) in [6, 6.07) is 9.06. The molecule has 1 aromatic carbocycles. The Bertz CT molecular complexity index is 670. The fourth-order valence-electron chi connectivity index (χ4n) is 1.38. The van der Waals surface area contributed by atoms with E-state index < -0.39 is 17.9 Å². The number of carboxylic acids is 2. The summed E-state index contributed by atoms with van der Waals surface area (Å²) in [4.78, 5) is 35.0. The zero-order valence-corrected chi connectivity index (χ0v) is 13.6. The number of hydrogen-bond donors (Lipinski definition) is 2. The summed E-state index contributed by atoms with van der Waals surface area (Å²) in [6.07, 6.45) is 2.84. The summed E-state index contributed by atoms with van der Waals surface area (Å²) < 4.78 is 4.69. The second-order valence-corrected chi connectivity index (χ2v) is 3.94. The minimum atomic E-state index is -1.11. The predicted octanol–water partition coefficient (Wildman–Crippen LogP) is 3.12. The summed E-state index contributed by atoms with van der Waals surface area (Å²) in [5.41, 5.74) is 0.204. The number of ether oxygens (including phenoxy) is 1. The fraction of sp³-hybridized carbons (Fsp3) is 0.176. The lowest BCUT2D eigenvalue weighted by atomic mass is 10.2. The van der Waals surface area contributed by atoms with Gasteiger partial charge >= 0.3 is 17.9 Å². The molecule has 2 N–H and O–H groups in total. The molecule has 0 saturated heterocycles. The van der Waals surface area contributed by atoms with E-state index in [4.69, 9.17) is 10.2 Å². The summed E-state index contributed by atoms with van der Waals surface area (Å²) in [7, 11) is 0. The molecular formula is C17H19NO6. The number of nitrogens with zero attached hydrogens (tertiary/aromatic N) is 1.